The van der Waals surface area contributed by atoms with E-state index in [9.17, 15) is 0 Å². The van der Waals surface area contributed by atoms with Crippen LogP contribution in [0.3, 0.4) is 0 Å². The Hall–Kier alpha value is -1.18. The molecular formula is C14H20N2. The molecule has 0 aromatic carbocycles. The fourth-order valence-electron chi connectivity index (χ4n) is 1.87. The van der Waals surface area contributed by atoms with Gasteiger partial charge in [0, 0.05) is 5.92 Å². The summed E-state index contributed by atoms with van der Waals surface area (Å²) in [7, 11) is 0. The van der Waals surface area contributed by atoms with Crippen LogP contribution < -0.4 is 0 Å². The molecule has 1 aliphatic heterocycles. The first kappa shape index (κ1) is 11.3. The minimum Gasteiger partial charge on any atom is -0.256 e. The third-order valence-electron chi connectivity index (χ3n) is 2.97. The van der Waals surface area contributed by atoms with Gasteiger partial charge < -0.3 is 0 Å². The van der Waals surface area contributed by atoms with Crippen molar-refractivity contribution in [1.29, 1.82) is 0 Å². The molecule has 0 aromatic rings. The van der Waals surface area contributed by atoms with E-state index in [1.54, 1.807) is 0 Å². The molecule has 0 fully saturated rings. The molecule has 1 unspecified atom stereocenters. The molecule has 2 rings (SSSR count). The Kier molecular flexibility index (Phi) is 2.61. The van der Waals surface area contributed by atoms with E-state index in [2.05, 4.69) is 62.8 Å². The van der Waals surface area contributed by atoms with Crippen molar-refractivity contribution in [3.8, 4) is 0 Å². The number of rotatable bonds is 1. The van der Waals surface area contributed by atoms with Crippen molar-refractivity contribution in [2.75, 3.05) is 0 Å². The van der Waals surface area contributed by atoms with E-state index < -0.39 is 0 Å². The Morgan fingerprint density at radius 1 is 1.19 bits per heavy atom. The Bertz CT molecular complexity index is 415. The molecule has 16 heavy (non-hydrogen) atoms. The average molecular weight is 216 g/mol. The molecule has 86 valence electrons. The van der Waals surface area contributed by atoms with Crippen LogP contribution in [-0.4, -0.2) is 17.6 Å². The lowest BCUT2D eigenvalue weighted by Crippen LogP contribution is -2.19. The fraction of sp³-hybridized carbons (Fsp3) is 0.571. The summed E-state index contributed by atoms with van der Waals surface area (Å²) in [5.74, 6) is 1.40. The van der Waals surface area contributed by atoms with Gasteiger partial charge >= 0.3 is 0 Å². The fourth-order valence-corrected chi connectivity index (χ4v) is 1.87. The summed E-state index contributed by atoms with van der Waals surface area (Å²) in [6, 6.07) is 0.164. The van der Waals surface area contributed by atoms with E-state index in [4.69, 9.17) is 0 Å². The maximum atomic E-state index is 4.66. The molecule has 0 amide bonds. The summed E-state index contributed by atoms with van der Waals surface area (Å²) in [4.78, 5) is 9.22. The third-order valence-corrected chi connectivity index (χ3v) is 2.97. The average Bonchev–Trinajstić information content (AvgIpc) is 2.58. The Morgan fingerprint density at radius 3 is 2.44 bits per heavy atom. The quantitative estimate of drug-likeness (QED) is 0.641. The number of nitrogens with zero attached hydrogens (tertiary/aromatic N) is 2. The van der Waals surface area contributed by atoms with Crippen molar-refractivity contribution in [3.05, 3.63) is 23.8 Å². The van der Waals surface area contributed by atoms with Crippen LogP contribution in [0.25, 0.3) is 0 Å². The number of amidine groups is 1. The largest absolute Gasteiger partial charge is 0.256 e. The highest BCUT2D eigenvalue weighted by Gasteiger charge is 2.26. The number of fused-ring (bicyclic) bond motifs is 1. The second-order valence-corrected chi connectivity index (χ2v) is 5.83. The molecule has 2 nitrogen and oxygen atoms in total. The van der Waals surface area contributed by atoms with Gasteiger partial charge in [0.2, 0.25) is 0 Å². The molecule has 0 bridgehead atoms. The Labute approximate surface area is 97.9 Å². The van der Waals surface area contributed by atoms with Crippen molar-refractivity contribution in [2.45, 2.75) is 40.7 Å². The molecule has 0 spiro atoms. The molecule has 0 saturated carbocycles. The predicted molar refractivity (Wildman–Crippen MR) is 70.2 cm³/mol. The van der Waals surface area contributed by atoms with Gasteiger partial charge in [-0.3, -0.25) is 4.99 Å². The summed E-state index contributed by atoms with van der Waals surface area (Å²) in [5, 5.41) is 0. The number of allylic oxidation sites excluding steroid dienone is 2. The normalized spacial score (nSPS) is 24.1. The van der Waals surface area contributed by atoms with Crippen LogP contribution in [0.1, 0.15) is 34.6 Å². The standard InChI is InChI=1S/C14H20N2/c1-9(2)13-15-11-7-6-10(14(3,4)5)8-12(11)16-13/h6-9,12H,1-5H3. The smallest absolute Gasteiger partial charge is 0.127 e. The summed E-state index contributed by atoms with van der Waals surface area (Å²) in [6.45, 7) is 11.0. The van der Waals surface area contributed by atoms with Gasteiger partial charge in [-0.2, -0.15) is 0 Å². The first-order chi connectivity index (χ1) is 7.38. The van der Waals surface area contributed by atoms with Gasteiger partial charge in [-0.05, 0) is 17.1 Å². The molecule has 0 N–H and O–H groups in total. The molecular weight excluding hydrogens is 196 g/mol. The number of hydrogen-bond acceptors (Lipinski definition) is 2. The van der Waals surface area contributed by atoms with E-state index >= 15 is 0 Å². The summed E-state index contributed by atoms with van der Waals surface area (Å²) in [5.41, 5.74) is 2.64. The lowest BCUT2D eigenvalue weighted by Gasteiger charge is -2.23. The van der Waals surface area contributed by atoms with E-state index in [-0.39, 0.29) is 11.5 Å². The second kappa shape index (κ2) is 3.69. The highest BCUT2D eigenvalue weighted by molar-refractivity contribution is 6.13. The predicted octanol–water partition coefficient (Wildman–Crippen LogP) is 3.41. The second-order valence-electron chi connectivity index (χ2n) is 5.83. The summed E-state index contributed by atoms with van der Waals surface area (Å²) >= 11 is 0. The molecule has 0 radical (unpaired) electrons. The molecule has 1 aliphatic carbocycles. The van der Waals surface area contributed by atoms with Crippen LogP contribution in [0.15, 0.2) is 33.8 Å². The summed E-state index contributed by atoms with van der Waals surface area (Å²) in [6.07, 6.45) is 6.53. The van der Waals surface area contributed by atoms with Crippen LogP contribution in [0, 0.1) is 11.3 Å². The minimum absolute atomic E-state index is 0.164. The first-order valence-corrected chi connectivity index (χ1v) is 5.94. The van der Waals surface area contributed by atoms with Crippen molar-refractivity contribution in [2.24, 2.45) is 21.3 Å². The topological polar surface area (TPSA) is 24.7 Å². The lowest BCUT2D eigenvalue weighted by atomic mass is 9.82. The molecule has 1 heterocycles. The Balaban J connectivity index is 2.30. The molecule has 0 saturated heterocycles. The third kappa shape index (κ3) is 2.01. The molecule has 0 aromatic heterocycles. The van der Waals surface area contributed by atoms with Gasteiger partial charge in [-0.25, -0.2) is 4.99 Å². The molecule has 1 atom stereocenters. The zero-order valence-corrected chi connectivity index (χ0v) is 10.8. The highest BCUT2D eigenvalue weighted by atomic mass is 15.0. The van der Waals surface area contributed by atoms with Gasteiger partial charge in [-0.15, -0.1) is 0 Å². The van der Waals surface area contributed by atoms with Crippen LogP contribution >= 0.6 is 0 Å². The van der Waals surface area contributed by atoms with E-state index in [0.717, 1.165) is 11.5 Å². The van der Waals surface area contributed by atoms with Crippen molar-refractivity contribution in [3.63, 3.8) is 0 Å². The molecule has 2 heteroatoms. The maximum Gasteiger partial charge on any atom is 0.127 e. The molecule has 2 aliphatic rings. The van der Waals surface area contributed by atoms with Gasteiger partial charge in [0.25, 0.3) is 0 Å². The van der Waals surface area contributed by atoms with Gasteiger partial charge in [-0.1, -0.05) is 46.8 Å². The minimum atomic E-state index is 0.164. The highest BCUT2D eigenvalue weighted by Crippen LogP contribution is 2.31. The van der Waals surface area contributed by atoms with Crippen molar-refractivity contribution in [1.82, 2.24) is 0 Å². The van der Waals surface area contributed by atoms with E-state index in [1.807, 2.05) is 0 Å². The van der Waals surface area contributed by atoms with Crippen LogP contribution in [-0.2, 0) is 0 Å². The van der Waals surface area contributed by atoms with Crippen LogP contribution in [0.2, 0.25) is 0 Å². The van der Waals surface area contributed by atoms with E-state index in [1.165, 1.54) is 5.57 Å². The Morgan fingerprint density at radius 2 is 1.88 bits per heavy atom. The van der Waals surface area contributed by atoms with Gasteiger partial charge in [0.1, 0.15) is 11.9 Å². The van der Waals surface area contributed by atoms with Crippen LogP contribution in [0.4, 0.5) is 0 Å². The first-order valence-electron chi connectivity index (χ1n) is 5.94. The number of aliphatic imine (C=N–C) groups is 2. The van der Waals surface area contributed by atoms with Crippen molar-refractivity contribution < 1.29 is 0 Å². The zero-order chi connectivity index (χ0) is 11.9. The van der Waals surface area contributed by atoms with Gasteiger partial charge in [0.05, 0.1) is 5.71 Å². The lowest BCUT2D eigenvalue weighted by molar-refractivity contribution is 0.514. The van der Waals surface area contributed by atoms with Crippen LogP contribution in [0.5, 0.6) is 0 Å². The number of hydrogen-bond donors (Lipinski definition) is 0. The monoisotopic (exact) mass is 216 g/mol. The van der Waals surface area contributed by atoms with Gasteiger partial charge in [0.15, 0.2) is 0 Å². The summed E-state index contributed by atoms with van der Waals surface area (Å²) < 4.78 is 0. The SMILES string of the molecule is CC(C)C1=NC2C=C(C(C)(C)C)C=CC2=N1. The van der Waals surface area contributed by atoms with Crippen molar-refractivity contribution >= 4 is 11.5 Å². The zero-order valence-electron chi connectivity index (χ0n) is 10.8. The maximum absolute atomic E-state index is 4.66. The van der Waals surface area contributed by atoms with E-state index in [0.29, 0.717) is 5.92 Å².